The molecule has 1 fully saturated rings. The van der Waals surface area contributed by atoms with E-state index in [-0.39, 0.29) is 6.10 Å². The van der Waals surface area contributed by atoms with Gasteiger partial charge in [0.15, 0.2) is 0 Å². The molecule has 3 aromatic carbocycles. The van der Waals surface area contributed by atoms with E-state index in [1.165, 1.54) is 6.20 Å². The number of pyridine rings is 1. The monoisotopic (exact) mass is 500 g/mol. The van der Waals surface area contributed by atoms with Gasteiger partial charge in [0.05, 0.1) is 40.7 Å². The van der Waals surface area contributed by atoms with Crippen LogP contribution in [0, 0.1) is 18.3 Å². The van der Waals surface area contributed by atoms with Gasteiger partial charge >= 0.3 is 0 Å². The number of anilines is 3. The lowest BCUT2D eigenvalue weighted by Crippen LogP contribution is -2.16. The largest absolute Gasteiger partial charge is 0.487 e. The maximum absolute atomic E-state index is 9.72. The summed E-state index contributed by atoms with van der Waals surface area (Å²) in [5, 5.41) is 14.2. The number of rotatable bonds is 7. The van der Waals surface area contributed by atoms with Gasteiger partial charge in [-0.1, -0.05) is 35.9 Å². The number of aryl methyl sites for hydroxylation is 1. The van der Waals surface area contributed by atoms with Gasteiger partial charge in [0.2, 0.25) is 0 Å². The number of halogens is 1. The van der Waals surface area contributed by atoms with E-state index in [1.807, 2.05) is 43.3 Å². The molecule has 4 aromatic rings. The zero-order chi connectivity index (χ0) is 25.1. The van der Waals surface area contributed by atoms with E-state index in [0.717, 1.165) is 17.5 Å². The number of hydrogen-bond donors (Lipinski definition) is 2. The molecular formula is C28H25ClN4O3. The summed E-state index contributed by atoms with van der Waals surface area (Å²) in [7, 11) is 0. The first-order valence-corrected chi connectivity index (χ1v) is 12.0. The third kappa shape index (κ3) is 5.01. The highest BCUT2D eigenvalue weighted by atomic mass is 35.5. The lowest BCUT2D eigenvalue weighted by Gasteiger charge is -2.17. The molecule has 3 N–H and O–H groups in total. The summed E-state index contributed by atoms with van der Waals surface area (Å²) in [5.41, 5.74) is 11.4. The van der Waals surface area contributed by atoms with Gasteiger partial charge in [-0.25, -0.2) is 0 Å². The number of nitrogen functional groups attached to an aromatic ring is 1. The zero-order valence-corrected chi connectivity index (χ0v) is 20.5. The lowest BCUT2D eigenvalue weighted by molar-refractivity contribution is 0.142. The minimum Gasteiger partial charge on any atom is -0.487 e. The Kier molecular flexibility index (Phi) is 6.81. The van der Waals surface area contributed by atoms with Crippen LogP contribution in [-0.2, 0) is 11.3 Å². The summed E-state index contributed by atoms with van der Waals surface area (Å²) in [4.78, 5) is 4.45. The van der Waals surface area contributed by atoms with Crippen LogP contribution in [0.15, 0.2) is 60.8 Å². The Hall–Kier alpha value is -3.99. The standard InChI is InChI=1S/C28H25ClN4O3/c1-17-4-2-3-5-18(17)15-35-26-7-6-20(10-23(26)29)33-28-19(13-30)14-32-25-12-27(24(31)11-22(25)28)36-21-8-9-34-16-21/h2-7,10-12,14,21H,8-9,15-16,31H2,1H3,(H,32,33). The first-order valence-electron chi connectivity index (χ1n) is 11.6. The molecule has 0 amide bonds. The van der Waals surface area contributed by atoms with E-state index in [2.05, 4.69) is 16.4 Å². The molecule has 36 heavy (non-hydrogen) atoms. The lowest BCUT2D eigenvalue weighted by atomic mass is 10.1. The predicted molar refractivity (Wildman–Crippen MR) is 141 cm³/mol. The van der Waals surface area contributed by atoms with Crippen molar-refractivity contribution >= 4 is 39.6 Å². The number of hydrogen-bond acceptors (Lipinski definition) is 7. The topological polar surface area (TPSA) is 102 Å². The molecule has 0 saturated carbocycles. The van der Waals surface area contributed by atoms with Crippen molar-refractivity contribution in [2.45, 2.75) is 26.1 Å². The number of ether oxygens (including phenoxy) is 3. The second kappa shape index (κ2) is 10.3. The number of nitrogens with one attached hydrogen (secondary N) is 1. The normalized spacial score (nSPS) is 15.0. The summed E-state index contributed by atoms with van der Waals surface area (Å²) < 4.78 is 17.3. The van der Waals surface area contributed by atoms with E-state index in [1.54, 1.807) is 18.2 Å². The van der Waals surface area contributed by atoms with Crippen molar-refractivity contribution in [1.29, 1.82) is 5.26 Å². The molecule has 0 radical (unpaired) electrons. The van der Waals surface area contributed by atoms with Crippen LogP contribution in [-0.4, -0.2) is 24.3 Å². The molecule has 1 unspecified atom stereocenters. The Bertz CT molecular complexity index is 1460. The van der Waals surface area contributed by atoms with Crippen LogP contribution in [0.4, 0.5) is 17.1 Å². The fourth-order valence-electron chi connectivity index (χ4n) is 4.11. The Labute approximate surface area is 214 Å². The Morgan fingerprint density at radius 1 is 1.19 bits per heavy atom. The second-order valence-electron chi connectivity index (χ2n) is 8.65. The third-order valence-electron chi connectivity index (χ3n) is 6.15. The summed E-state index contributed by atoms with van der Waals surface area (Å²) in [6.45, 7) is 3.68. The van der Waals surface area contributed by atoms with Crippen molar-refractivity contribution in [1.82, 2.24) is 4.98 Å². The Morgan fingerprint density at radius 3 is 2.81 bits per heavy atom. The number of nitrogens with two attached hydrogens (primary N) is 1. The average Bonchev–Trinajstić information content (AvgIpc) is 3.39. The maximum atomic E-state index is 9.72. The fourth-order valence-corrected chi connectivity index (χ4v) is 4.35. The highest BCUT2D eigenvalue weighted by Crippen LogP contribution is 2.37. The Balaban J connectivity index is 1.40. The van der Waals surface area contributed by atoms with Crippen molar-refractivity contribution in [3.8, 4) is 17.6 Å². The second-order valence-corrected chi connectivity index (χ2v) is 9.06. The fraction of sp³-hybridized carbons (Fsp3) is 0.214. The van der Waals surface area contributed by atoms with Gasteiger partial charge in [0, 0.05) is 29.8 Å². The van der Waals surface area contributed by atoms with E-state index in [0.29, 0.717) is 69.9 Å². The first kappa shape index (κ1) is 23.7. The molecule has 2 heterocycles. The smallest absolute Gasteiger partial charge is 0.144 e. The number of fused-ring (bicyclic) bond motifs is 1. The molecular weight excluding hydrogens is 476 g/mol. The quantitative estimate of drug-likeness (QED) is 0.294. The molecule has 0 spiro atoms. The van der Waals surface area contributed by atoms with Crippen molar-refractivity contribution < 1.29 is 14.2 Å². The van der Waals surface area contributed by atoms with Gasteiger partial charge in [-0.3, -0.25) is 4.98 Å². The highest BCUT2D eigenvalue weighted by Gasteiger charge is 2.20. The van der Waals surface area contributed by atoms with Crippen LogP contribution < -0.4 is 20.5 Å². The SMILES string of the molecule is Cc1ccccc1COc1ccc(Nc2c(C#N)cnc3cc(OC4CCOC4)c(N)cc23)cc1Cl. The summed E-state index contributed by atoms with van der Waals surface area (Å²) >= 11 is 6.53. The minimum absolute atomic E-state index is 0.0330. The Morgan fingerprint density at radius 2 is 2.06 bits per heavy atom. The summed E-state index contributed by atoms with van der Waals surface area (Å²) in [6.07, 6.45) is 2.32. The molecule has 0 aliphatic carbocycles. The summed E-state index contributed by atoms with van der Waals surface area (Å²) in [5.74, 6) is 1.13. The average molecular weight is 501 g/mol. The highest BCUT2D eigenvalue weighted by molar-refractivity contribution is 6.32. The van der Waals surface area contributed by atoms with Crippen LogP contribution >= 0.6 is 11.6 Å². The zero-order valence-electron chi connectivity index (χ0n) is 19.8. The number of nitriles is 1. The van der Waals surface area contributed by atoms with E-state index >= 15 is 0 Å². The third-order valence-corrected chi connectivity index (χ3v) is 6.44. The van der Waals surface area contributed by atoms with Gasteiger partial charge in [0.25, 0.3) is 0 Å². The van der Waals surface area contributed by atoms with Gasteiger partial charge in [0.1, 0.15) is 30.3 Å². The molecule has 1 atom stereocenters. The molecule has 182 valence electrons. The van der Waals surface area contributed by atoms with E-state index in [9.17, 15) is 5.26 Å². The molecule has 1 saturated heterocycles. The molecule has 1 aromatic heterocycles. The molecule has 1 aliphatic rings. The van der Waals surface area contributed by atoms with Crippen molar-refractivity contribution in [2.75, 3.05) is 24.3 Å². The predicted octanol–water partition coefficient (Wildman–Crippen LogP) is 6.14. The first-order chi connectivity index (χ1) is 17.5. The molecule has 7 nitrogen and oxygen atoms in total. The molecule has 5 rings (SSSR count). The number of benzene rings is 3. The number of aromatic nitrogens is 1. The van der Waals surface area contributed by atoms with E-state index < -0.39 is 0 Å². The molecule has 0 bridgehead atoms. The number of nitrogens with zero attached hydrogens (tertiary/aromatic N) is 2. The van der Waals surface area contributed by atoms with Crippen LogP contribution in [0.1, 0.15) is 23.1 Å². The van der Waals surface area contributed by atoms with Crippen molar-refractivity contribution in [3.63, 3.8) is 0 Å². The van der Waals surface area contributed by atoms with E-state index in [4.69, 9.17) is 31.5 Å². The van der Waals surface area contributed by atoms with Gasteiger partial charge in [-0.15, -0.1) is 0 Å². The minimum atomic E-state index is -0.0330. The van der Waals surface area contributed by atoms with Crippen LogP contribution in [0.5, 0.6) is 11.5 Å². The molecule has 8 heteroatoms. The van der Waals surface area contributed by atoms with Gasteiger partial charge in [-0.05, 0) is 42.3 Å². The van der Waals surface area contributed by atoms with Crippen LogP contribution in [0.2, 0.25) is 5.02 Å². The maximum Gasteiger partial charge on any atom is 0.144 e. The van der Waals surface area contributed by atoms with Crippen molar-refractivity contribution in [2.24, 2.45) is 0 Å². The van der Waals surface area contributed by atoms with Crippen molar-refractivity contribution in [3.05, 3.63) is 82.5 Å². The summed E-state index contributed by atoms with van der Waals surface area (Å²) in [6, 6.07) is 19.3. The van der Waals surface area contributed by atoms with Crippen LogP contribution in [0.25, 0.3) is 10.9 Å². The van der Waals surface area contributed by atoms with Gasteiger partial charge < -0.3 is 25.3 Å². The van der Waals surface area contributed by atoms with Crippen LogP contribution in [0.3, 0.4) is 0 Å². The molecule has 1 aliphatic heterocycles. The van der Waals surface area contributed by atoms with Gasteiger partial charge in [-0.2, -0.15) is 5.26 Å².